The van der Waals surface area contributed by atoms with Crippen LogP contribution in [-0.2, 0) is 38.1 Å². The summed E-state index contributed by atoms with van der Waals surface area (Å²) in [6.07, 6.45) is -25.2. The Hall–Kier alpha value is -2.35. The number of carboxylic acid groups (broad SMARTS) is 3. The zero-order valence-electron chi connectivity index (χ0n) is 34.2. The molecule has 0 aromatic heterocycles. The summed E-state index contributed by atoms with van der Waals surface area (Å²) in [4.78, 5) is 38.0. The maximum atomic E-state index is 13.1. The third-order valence-electron chi connectivity index (χ3n) is 11.0. The Kier molecular flexibility index (Phi) is 20.0. The fourth-order valence-corrected chi connectivity index (χ4v) is 7.77. The Labute approximate surface area is 350 Å². The Morgan fingerprint density at radius 3 is 1.23 bits per heavy atom. The van der Waals surface area contributed by atoms with Gasteiger partial charge in [0.2, 0.25) is 0 Å². The molecule has 3 fully saturated rings. The normalized spacial score (nSPS) is 37.6. The minimum absolute atomic E-state index is 0.102. The summed E-state index contributed by atoms with van der Waals surface area (Å²) in [5.41, 5.74) is 0. The van der Waals surface area contributed by atoms with Gasteiger partial charge in [-0.1, -0.05) is 20.8 Å². The minimum atomic E-state index is -3.12. The fraction of sp³-hybridized carbons (Fsp3) is 0.917. The van der Waals surface area contributed by atoms with Crippen molar-refractivity contribution in [3.63, 3.8) is 0 Å². The third kappa shape index (κ3) is 12.1. The van der Waals surface area contributed by atoms with Crippen molar-refractivity contribution in [2.75, 3.05) is 39.5 Å². The first-order valence-corrected chi connectivity index (χ1v) is 20.3. The molecule has 0 aliphatic carbocycles. The second-order valence-corrected chi connectivity index (χ2v) is 15.6. The molecule has 0 amide bonds. The van der Waals surface area contributed by atoms with E-state index in [1.165, 1.54) is 0 Å². The maximum absolute atomic E-state index is 13.1. The molecule has 0 saturated carbocycles. The van der Waals surface area contributed by atoms with Crippen LogP contribution in [-0.4, -0.2) is 238 Å². The van der Waals surface area contributed by atoms with E-state index in [1.807, 2.05) is 0 Å². The molecule has 25 nitrogen and oxygen atoms in total. The van der Waals surface area contributed by atoms with Gasteiger partial charge in [-0.25, -0.2) is 14.4 Å². The molecule has 17 N–H and O–H groups in total. The summed E-state index contributed by atoms with van der Waals surface area (Å²) in [6.45, 7) is 2.18. The number of aliphatic hydroxyl groups excluding tert-OH is 10. The van der Waals surface area contributed by atoms with E-state index in [0.29, 0.717) is 19.3 Å². The van der Waals surface area contributed by atoms with Gasteiger partial charge in [-0.05, 0) is 38.9 Å². The smallest absolute Gasteiger partial charge is 0.364 e. The Bertz CT molecular complexity index is 1410. The molecular weight excluding hydrogens is 826 g/mol. The van der Waals surface area contributed by atoms with Crippen molar-refractivity contribution in [2.45, 2.75) is 168 Å². The largest absolute Gasteiger partial charge is 0.477 e. The first kappa shape index (κ1) is 53.0. The Morgan fingerprint density at radius 1 is 0.574 bits per heavy atom. The molecule has 3 rings (SSSR count). The van der Waals surface area contributed by atoms with Gasteiger partial charge in [0.25, 0.3) is 17.4 Å². The van der Waals surface area contributed by atoms with E-state index in [4.69, 9.17) is 23.7 Å². The maximum Gasteiger partial charge on any atom is 0.364 e. The topological polar surface area (TPSA) is 417 Å². The highest BCUT2D eigenvalue weighted by Crippen LogP contribution is 2.39. The lowest BCUT2D eigenvalue weighted by molar-refractivity contribution is -0.356. The summed E-state index contributed by atoms with van der Waals surface area (Å²) in [5, 5.41) is 159. The molecule has 0 bridgehead atoms. The summed E-state index contributed by atoms with van der Waals surface area (Å²) in [5.74, 6) is -15.1. The van der Waals surface area contributed by atoms with Crippen molar-refractivity contribution in [3.05, 3.63) is 0 Å². The van der Waals surface area contributed by atoms with Crippen molar-refractivity contribution in [3.8, 4) is 0 Å². The number of carboxylic acids is 3. The Morgan fingerprint density at radius 2 is 0.918 bits per heavy atom. The van der Waals surface area contributed by atoms with Crippen LogP contribution in [0.4, 0.5) is 0 Å². The number of aliphatic carboxylic acids is 3. The van der Waals surface area contributed by atoms with Crippen LogP contribution < -0.4 is 16.0 Å². The van der Waals surface area contributed by atoms with E-state index in [1.54, 1.807) is 20.8 Å². The van der Waals surface area contributed by atoms with Crippen molar-refractivity contribution in [2.24, 2.45) is 0 Å². The van der Waals surface area contributed by atoms with Crippen molar-refractivity contribution in [1.29, 1.82) is 0 Å². The van der Waals surface area contributed by atoms with Crippen LogP contribution in [0.25, 0.3) is 0 Å². The molecule has 0 aromatic rings. The van der Waals surface area contributed by atoms with Crippen LogP contribution >= 0.6 is 0 Å². The molecule has 0 spiro atoms. The monoisotopic (exact) mass is 891 g/mol. The van der Waals surface area contributed by atoms with Crippen molar-refractivity contribution in [1.82, 2.24) is 16.0 Å². The van der Waals surface area contributed by atoms with E-state index in [9.17, 15) is 85.9 Å². The van der Waals surface area contributed by atoms with Crippen molar-refractivity contribution >= 4 is 17.9 Å². The number of nitrogens with one attached hydrogen (secondary N) is 3. The van der Waals surface area contributed by atoms with Crippen molar-refractivity contribution < 1.29 is 110 Å². The van der Waals surface area contributed by atoms with Gasteiger partial charge in [0.1, 0.15) is 54.9 Å². The molecular formula is C36H65N3O22. The molecule has 3 aliphatic rings. The Balaban J connectivity index is 2.06. The van der Waals surface area contributed by atoms with Crippen LogP contribution in [0.1, 0.15) is 59.3 Å². The van der Waals surface area contributed by atoms with Crippen LogP contribution in [0.3, 0.4) is 0 Å². The third-order valence-corrected chi connectivity index (χ3v) is 11.0. The number of carbonyl (C=O) groups is 3. The summed E-state index contributed by atoms with van der Waals surface area (Å²) >= 11 is 0. The zero-order chi connectivity index (χ0) is 46.0. The first-order chi connectivity index (χ1) is 28.7. The predicted octanol–water partition coefficient (Wildman–Crippen LogP) is -6.93. The highest BCUT2D eigenvalue weighted by molar-refractivity contribution is 5.77. The highest BCUT2D eigenvalue weighted by atomic mass is 16.8. The molecule has 61 heavy (non-hydrogen) atoms. The molecule has 3 saturated heterocycles. The lowest BCUT2D eigenvalue weighted by atomic mass is 9.86. The molecule has 0 unspecified atom stereocenters. The average Bonchev–Trinajstić information content (AvgIpc) is 3.21. The minimum Gasteiger partial charge on any atom is -0.477 e. The van der Waals surface area contributed by atoms with Gasteiger partial charge in [0.05, 0.1) is 56.3 Å². The highest BCUT2D eigenvalue weighted by Gasteiger charge is 2.61. The molecule has 0 aromatic carbocycles. The van der Waals surface area contributed by atoms with Gasteiger partial charge >= 0.3 is 17.9 Å². The first-order valence-electron chi connectivity index (χ1n) is 20.3. The number of rotatable bonds is 25. The summed E-state index contributed by atoms with van der Waals surface area (Å²) < 4.78 is 28.4. The summed E-state index contributed by atoms with van der Waals surface area (Å²) in [6, 6.07) is -4.01. The molecule has 3 heterocycles. The van der Waals surface area contributed by atoms with Crippen LogP contribution in [0.15, 0.2) is 0 Å². The zero-order valence-corrected chi connectivity index (χ0v) is 34.2. The average molecular weight is 892 g/mol. The van der Waals surface area contributed by atoms with E-state index < -0.39 is 166 Å². The lowest BCUT2D eigenvalue weighted by Crippen LogP contribution is -2.71. The lowest BCUT2D eigenvalue weighted by Gasteiger charge is -2.50. The van der Waals surface area contributed by atoms with Gasteiger partial charge in [0, 0.05) is 19.3 Å². The van der Waals surface area contributed by atoms with Gasteiger partial charge in [-0.3, -0.25) is 0 Å². The molecule has 18 atom stereocenters. The predicted molar refractivity (Wildman–Crippen MR) is 201 cm³/mol. The SMILES string of the molecule is CCCN[C@H]1[C@H]([C@H](O)[C@H](O)CO)O[C@@](O[C@H](CO)[C@@H](O)[C@@H]2O[C@@](O[C@H](CO)[C@@H](O)[C@@H]3O[C@@](O)(C(=O)O)C[C@H](O)[C@H]3NCCC)(C(=O)O)C[C@H](O)[C@H]2NCCC)(C(=O)O)C[C@@H]1O. The van der Waals surface area contributed by atoms with E-state index in [0.717, 1.165) is 0 Å². The standard InChI is InChI=1S/C36H65N3O22/c1-4-7-37-22-16(43)10-34(56,31(50)51)59-29(22)26(48)20(14-41)57-36(33(54)55)12-18(45)24(39-9-6-3)30(61-36)27(49)21(15-42)58-35(32(52)53)11-17(44)23(38-8-5-2)28(60-35)25(47)19(46)13-40/h16-30,37-49,56H,4-15H2,1-3H3,(H,50,51)(H,52,53)(H,54,55)/t16-,17-,18-,19+,20+,21+,22+,23+,24+,25+,26+,27+,28+,29+,30+,34+,35+,36+/m0/s1. The second-order valence-electron chi connectivity index (χ2n) is 15.6. The number of hydrogen-bond acceptors (Lipinski definition) is 22. The number of ether oxygens (including phenoxy) is 5. The number of aliphatic hydroxyl groups is 11. The molecule has 3 aliphatic heterocycles. The van der Waals surface area contributed by atoms with Gasteiger partial charge in [-0.15, -0.1) is 0 Å². The molecule has 0 radical (unpaired) electrons. The second kappa shape index (κ2) is 23.0. The van der Waals surface area contributed by atoms with Gasteiger partial charge in [-0.2, -0.15) is 0 Å². The van der Waals surface area contributed by atoms with Crippen LogP contribution in [0.2, 0.25) is 0 Å². The van der Waals surface area contributed by atoms with Gasteiger partial charge < -0.3 is 111 Å². The van der Waals surface area contributed by atoms with Crippen LogP contribution in [0.5, 0.6) is 0 Å². The van der Waals surface area contributed by atoms with E-state index >= 15 is 0 Å². The summed E-state index contributed by atoms with van der Waals surface area (Å²) in [7, 11) is 0. The molecule has 25 heteroatoms. The quantitative estimate of drug-likeness (QED) is 0.0405. The van der Waals surface area contributed by atoms with Gasteiger partial charge in [0.15, 0.2) is 0 Å². The molecule has 356 valence electrons. The van der Waals surface area contributed by atoms with E-state index in [2.05, 4.69) is 16.0 Å². The van der Waals surface area contributed by atoms with E-state index in [-0.39, 0.29) is 19.6 Å². The fourth-order valence-electron chi connectivity index (χ4n) is 7.77. The number of hydrogen-bond donors (Lipinski definition) is 17. The van der Waals surface area contributed by atoms with Crippen LogP contribution in [0, 0.1) is 0 Å².